The van der Waals surface area contributed by atoms with Crippen LogP contribution in [0, 0.1) is 0 Å². The largest absolute Gasteiger partial charge is 0.309 e. The van der Waals surface area contributed by atoms with Crippen molar-refractivity contribution in [3.05, 3.63) is 168 Å². The van der Waals surface area contributed by atoms with Gasteiger partial charge < -0.3 is 4.90 Å². The van der Waals surface area contributed by atoms with Crippen molar-refractivity contribution < 1.29 is 0 Å². The fourth-order valence-electron chi connectivity index (χ4n) is 7.09. The molecule has 0 saturated carbocycles. The van der Waals surface area contributed by atoms with Crippen molar-refractivity contribution in [1.29, 1.82) is 0 Å². The van der Waals surface area contributed by atoms with E-state index in [0.717, 1.165) is 17.1 Å². The molecule has 0 spiro atoms. The first-order chi connectivity index (χ1) is 20.7. The van der Waals surface area contributed by atoms with Crippen molar-refractivity contribution in [3.8, 4) is 22.3 Å². The van der Waals surface area contributed by atoms with E-state index >= 15 is 0 Å². The molecule has 8 rings (SSSR count). The van der Waals surface area contributed by atoms with Crippen LogP contribution in [0.2, 0.25) is 0 Å². The van der Waals surface area contributed by atoms with Crippen molar-refractivity contribution in [1.82, 2.24) is 9.97 Å². The van der Waals surface area contributed by atoms with E-state index in [1.54, 1.807) is 0 Å². The molecule has 0 atom stereocenters. The molecule has 42 heavy (non-hydrogen) atoms. The summed E-state index contributed by atoms with van der Waals surface area (Å²) in [6.07, 6.45) is 3.79. The first-order valence-corrected chi connectivity index (χ1v) is 14.4. The van der Waals surface area contributed by atoms with E-state index in [2.05, 4.69) is 134 Å². The maximum atomic E-state index is 4.98. The van der Waals surface area contributed by atoms with Crippen LogP contribution in [0.5, 0.6) is 0 Å². The Morgan fingerprint density at radius 2 is 1.07 bits per heavy atom. The maximum Gasteiger partial charge on any atom is 0.101 e. The summed E-state index contributed by atoms with van der Waals surface area (Å²) >= 11 is 0. The highest BCUT2D eigenvalue weighted by Gasteiger charge is 2.48. The lowest BCUT2D eigenvalue weighted by atomic mass is 9.71. The zero-order chi connectivity index (χ0) is 28.3. The summed E-state index contributed by atoms with van der Waals surface area (Å²) in [5, 5.41) is 0. The molecular weight excluding hydrogens is 510 g/mol. The summed E-state index contributed by atoms with van der Waals surface area (Å²) in [6, 6.07) is 45.5. The number of benzene rings is 4. The third kappa shape index (κ3) is 3.34. The third-order valence-corrected chi connectivity index (χ3v) is 9.07. The van der Waals surface area contributed by atoms with Gasteiger partial charge in [0.15, 0.2) is 0 Å². The lowest BCUT2D eigenvalue weighted by Crippen LogP contribution is -2.31. The molecule has 0 unspecified atom stereocenters. The highest BCUT2D eigenvalue weighted by Crippen LogP contribution is 2.58. The van der Waals surface area contributed by atoms with Gasteiger partial charge in [-0.3, -0.25) is 9.97 Å². The van der Waals surface area contributed by atoms with Crippen molar-refractivity contribution >= 4 is 22.6 Å². The fourth-order valence-corrected chi connectivity index (χ4v) is 7.09. The van der Waals surface area contributed by atoms with E-state index in [9.17, 15) is 0 Å². The summed E-state index contributed by atoms with van der Waals surface area (Å²) < 4.78 is 0. The molecule has 0 amide bonds. The minimum absolute atomic E-state index is 0.595. The van der Waals surface area contributed by atoms with Gasteiger partial charge in [0.25, 0.3) is 0 Å². The molecule has 200 valence electrons. The molecule has 2 aliphatic rings. The van der Waals surface area contributed by atoms with E-state index in [1.165, 1.54) is 55.9 Å². The highest BCUT2D eigenvalue weighted by atomic mass is 15.1. The van der Waals surface area contributed by atoms with Crippen molar-refractivity contribution in [2.45, 2.75) is 19.3 Å². The lowest BCUT2D eigenvalue weighted by molar-refractivity contribution is 0.686. The average molecular weight is 540 g/mol. The summed E-state index contributed by atoms with van der Waals surface area (Å²) in [4.78, 5) is 12.4. The molecule has 0 N–H and O–H groups in total. The number of hydrogen-bond donors (Lipinski definition) is 0. The molecule has 4 aromatic carbocycles. The summed E-state index contributed by atoms with van der Waals surface area (Å²) in [5.41, 5.74) is 14.7. The number of fused-ring (bicyclic) bond motifs is 6. The minimum Gasteiger partial charge on any atom is -0.309 e. The van der Waals surface area contributed by atoms with Crippen molar-refractivity contribution in [2.24, 2.45) is 0 Å². The molecule has 3 heterocycles. The monoisotopic (exact) mass is 539 g/mol. The minimum atomic E-state index is -0.595. The van der Waals surface area contributed by atoms with Gasteiger partial charge in [0.2, 0.25) is 0 Å². The Kier molecular flexibility index (Phi) is 5.48. The maximum absolute atomic E-state index is 4.98. The summed E-state index contributed by atoms with van der Waals surface area (Å²) in [7, 11) is 0. The standard InChI is InChI=1S/C39H29N3/c1-26-27(2)39(37-20-10-12-22-40-37,38-21-11-13-23-41-38)34-24-33-30-17-7-6-16-29(30)31-18-8-9-19-35(31)42(36(33)25-32(26)34)28-14-4-3-5-15-28/h3-25H,1-2H3. The molecule has 6 aromatic rings. The molecule has 0 radical (unpaired) electrons. The number of anilines is 3. The molecule has 1 aliphatic carbocycles. The van der Waals surface area contributed by atoms with E-state index in [4.69, 9.17) is 9.97 Å². The number of allylic oxidation sites excluding steroid dienone is 2. The molecule has 0 fully saturated rings. The second-order valence-corrected chi connectivity index (χ2v) is 11.1. The molecule has 3 nitrogen and oxygen atoms in total. The zero-order valence-corrected chi connectivity index (χ0v) is 23.6. The number of pyridine rings is 2. The zero-order valence-electron chi connectivity index (χ0n) is 23.6. The summed E-state index contributed by atoms with van der Waals surface area (Å²) in [5.74, 6) is 0. The Morgan fingerprint density at radius 1 is 0.500 bits per heavy atom. The number of nitrogens with zero attached hydrogens (tertiary/aromatic N) is 3. The van der Waals surface area contributed by atoms with Crippen LogP contribution in [-0.2, 0) is 5.41 Å². The SMILES string of the molecule is CC1=C(C)C(c2ccccn2)(c2ccccn2)c2cc3c(cc21)N(c1ccccc1)c1ccccc1-c1ccccc1-3. The fraction of sp³-hybridized carbons (Fsp3) is 0.0769. The van der Waals surface area contributed by atoms with Crippen LogP contribution in [0.1, 0.15) is 36.4 Å². The van der Waals surface area contributed by atoms with Crippen LogP contribution in [0.15, 0.2) is 145 Å². The first kappa shape index (κ1) is 24.5. The Labute approximate surface area is 246 Å². The van der Waals surface area contributed by atoms with Gasteiger partial charge in [0.1, 0.15) is 5.41 Å². The Bertz CT molecular complexity index is 1950. The average Bonchev–Trinajstić information content (AvgIpc) is 3.20. The second-order valence-electron chi connectivity index (χ2n) is 11.1. The highest BCUT2D eigenvalue weighted by molar-refractivity contribution is 6.04. The van der Waals surface area contributed by atoms with Crippen LogP contribution in [-0.4, -0.2) is 9.97 Å². The number of aromatic nitrogens is 2. The van der Waals surface area contributed by atoms with Crippen LogP contribution in [0.25, 0.3) is 27.8 Å². The van der Waals surface area contributed by atoms with Crippen LogP contribution in [0.4, 0.5) is 17.1 Å². The van der Waals surface area contributed by atoms with Gasteiger partial charge in [-0.05, 0) is 102 Å². The van der Waals surface area contributed by atoms with E-state index in [1.807, 2.05) is 24.5 Å². The predicted octanol–water partition coefficient (Wildman–Crippen LogP) is 9.74. The molecule has 0 saturated heterocycles. The van der Waals surface area contributed by atoms with Crippen molar-refractivity contribution in [3.63, 3.8) is 0 Å². The van der Waals surface area contributed by atoms with Crippen LogP contribution < -0.4 is 4.90 Å². The number of para-hydroxylation sites is 2. The Balaban J connectivity index is 1.52. The second kappa shape index (κ2) is 9.39. The summed E-state index contributed by atoms with van der Waals surface area (Å²) in [6.45, 7) is 4.50. The van der Waals surface area contributed by atoms with E-state index < -0.39 is 5.41 Å². The van der Waals surface area contributed by atoms with Gasteiger partial charge in [0.05, 0.1) is 22.8 Å². The van der Waals surface area contributed by atoms with Gasteiger partial charge in [-0.2, -0.15) is 0 Å². The molecule has 3 heteroatoms. The lowest BCUT2D eigenvalue weighted by Gasteiger charge is -2.33. The number of rotatable bonds is 3. The van der Waals surface area contributed by atoms with E-state index in [-0.39, 0.29) is 0 Å². The predicted molar refractivity (Wildman–Crippen MR) is 172 cm³/mol. The first-order valence-electron chi connectivity index (χ1n) is 14.4. The topological polar surface area (TPSA) is 29.0 Å². The van der Waals surface area contributed by atoms with Crippen LogP contribution in [0.3, 0.4) is 0 Å². The van der Waals surface area contributed by atoms with Crippen molar-refractivity contribution in [2.75, 3.05) is 4.90 Å². The quantitative estimate of drug-likeness (QED) is 0.224. The number of hydrogen-bond acceptors (Lipinski definition) is 3. The van der Waals surface area contributed by atoms with Gasteiger partial charge in [0, 0.05) is 29.2 Å². The van der Waals surface area contributed by atoms with Gasteiger partial charge in [-0.1, -0.05) is 72.8 Å². The smallest absolute Gasteiger partial charge is 0.101 e. The van der Waals surface area contributed by atoms with Gasteiger partial charge >= 0.3 is 0 Å². The molecular formula is C39H29N3. The third-order valence-electron chi connectivity index (χ3n) is 9.07. The van der Waals surface area contributed by atoms with E-state index in [0.29, 0.717) is 0 Å². The Hall–Kier alpha value is -5.28. The van der Waals surface area contributed by atoms with Crippen LogP contribution >= 0.6 is 0 Å². The van der Waals surface area contributed by atoms with Gasteiger partial charge in [-0.25, -0.2) is 0 Å². The molecule has 2 aromatic heterocycles. The molecule has 0 bridgehead atoms. The Morgan fingerprint density at radius 3 is 1.71 bits per heavy atom. The normalized spacial score (nSPS) is 14.5. The van der Waals surface area contributed by atoms with Gasteiger partial charge in [-0.15, -0.1) is 0 Å². The molecule has 1 aliphatic heterocycles.